The standard InChI is InChI=1S/C15H27N3O3/c1-12(19)9-18(13-5-3-2-4-6-13)11-15(21)17-8-7-16-14(20)10-17/h12-13,19H,2-11H2,1H3,(H,16,20). The fourth-order valence-corrected chi connectivity index (χ4v) is 3.25. The van der Waals surface area contributed by atoms with Gasteiger partial charge >= 0.3 is 0 Å². The van der Waals surface area contributed by atoms with Gasteiger partial charge in [0.1, 0.15) is 0 Å². The number of carbonyl (C=O) groups is 2. The number of hydrogen-bond donors (Lipinski definition) is 2. The Hall–Kier alpha value is -1.14. The predicted octanol–water partition coefficient (Wildman–Crippen LogP) is -0.0397. The van der Waals surface area contributed by atoms with Crippen molar-refractivity contribution >= 4 is 11.8 Å². The summed E-state index contributed by atoms with van der Waals surface area (Å²) < 4.78 is 0. The van der Waals surface area contributed by atoms with Crippen molar-refractivity contribution in [3.05, 3.63) is 0 Å². The SMILES string of the molecule is CC(O)CN(CC(=O)N1CCNC(=O)C1)C1CCCCC1. The summed E-state index contributed by atoms with van der Waals surface area (Å²) in [6.07, 6.45) is 5.41. The van der Waals surface area contributed by atoms with E-state index in [1.54, 1.807) is 11.8 Å². The first-order valence-electron chi connectivity index (χ1n) is 8.03. The molecular formula is C15H27N3O3. The van der Waals surface area contributed by atoms with Crippen LogP contribution in [0.5, 0.6) is 0 Å². The monoisotopic (exact) mass is 297 g/mol. The average molecular weight is 297 g/mol. The van der Waals surface area contributed by atoms with Crippen molar-refractivity contribution in [2.24, 2.45) is 0 Å². The van der Waals surface area contributed by atoms with E-state index in [1.807, 2.05) is 0 Å². The van der Waals surface area contributed by atoms with Gasteiger partial charge in [0, 0.05) is 25.7 Å². The summed E-state index contributed by atoms with van der Waals surface area (Å²) in [5, 5.41) is 12.4. The Morgan fingerprint density at radius 2 is 2.14 bits per heavy atom. The van der Waals surface area contributed by atoms with Crippen molar-refractivity contribution in [1.82, 2.24) is 15.1 Å². The molecule has 0 bridgehead atoms. The van der Waals surface area contributed by atoms with E-state index in [-0.39, 0.29) is 18.4 Å². The molecule has 1 saturated heterocycles. The first kappa shape index (κ1) is 16.2. The Morgan fingerprint density at radius 1 is 1.43 bits per heavy atom. The molecule has 1 saturated carbocycles. The highest BCUT2D eigenvalue weighted by molar-refractivity contribution is 5.86. The van der Waals surface area contributed by atoms with Gasteiger partial charge in [0.05, 0.1) is 19.2 Å². The largest absolute Gasteiger partial charge is 0.392 e. The fourth-order valence-electron chi connectivity index (χ4n) is 3.25. The van der Waals surface area contributed by atoms with Crippen LogP contribution in [0.3, 0.4) is 0 Å². The molecule has 1 atom stereocenters. The average Bonchev–Trinajstić information content (AvgIpc) is 2.47. The lowest BCUT2D eigenvalue weighted by Crippen LogP contribution is -2.54. The number of hydrogen-bond acceptors (Lipinski definition) is 4. The number of rotatable bonds is 5. The Labute approximate surface area is 126 Å². The summed E-state index contributed by atoms with van der Waals surface area (Å²) in [4.78, 5) is 27.5. The third kappa shape index (κ3) is 4.97. The number of amides is 2. The van der Waals surface area contributed by atoms with Gasteiger partial charge in [0.15, 0.2) is 0 Å². The van der Waals surface area contributed by atoms with Gasteiger partial charge in [0.2, 0.25) is 11.8 Å². The van der Waals surface area contributed by atoms with Crippen molar-refractivity contribution in [1.29, 1.82) is 0 Å². The lowest BCUT2D eigenvalue weighted by atomic mass is 9.94. The van der Waals surface area contributed by atoms with Gasteiger partial charge in [-0.3, -0.25) is 14.5 Å². The molecule has 1 aliphatic heterocycles. The third-order valence-electron chi connectivity index (χ3n) is 4.32. The van der Waals surface area contributed by atoms with Crippen LogP contribution in [0.15, 0.2) is 0 Å². The maximum Gasteiger partial charge on any atom is 0.239 e. The highest BCUT2D eigenvalue weighted by atomic mass is 16.3. The van der Waals surface area contributed by atoms with Gasteiger partial charge in [-0.1, -0.05) is 19.3 Å². The molecule has 2 aliphatic rings. The van der Waals surface area contributed by atoms with Crippen LogP contribution in [0.25, 0.3) is 0 Å². The summed E-state index contributed by atoms with van der Waals surface area (Å²) in [5.74, 6) is -0.0922. The molecule has 0 aromatic rings. The molecule has 0 spiro atoms. The van der Waals surface area contributed by atoms with Crippen LogP contribution in [0.1, 0.15) is 39.0 Å². The molecule has 0 aromatic carbocycles. The van der Waals surface area contributed by atoms with E-state index >= 15 is 0 Å². The van der Waals surface area contributed by atoms with E-state index in [4.69, 9.17) is 0 Å². The second-order valence-electron chi connectivity index (χ2n) is 6.24. The molecule has 120 valence electrons. The first-order valence-corrected chi connectivity index (χ1v) is 8.03. The van der Waals surface area contributed by atoms with E-state index in [0.717, 1.165) is 12.8 Å². The lowest BCUT2D eigenvalue weighted by molar-refractivity contribution is -0.139. The quantitative estimate of drug-likeness (QED) is 0.747. The summed E-state index contributed by atoms with van der Waals surface area (Å²) in [5.41, 5.74) is 0. The summed E-state index contributed by atoms with van der Waals surface area (Å²) >= 11 is 0. The van der Waals surface area contributed by atoms with E-state index in [2.05, 4.69) is 10.2 Å². The number of carbonyl (C=O) groups excluding carboxylic acids is 2. The fraction of sp³-hybridized carbons (Fsp3) is 0.867. The second kappa shape index (κ2) is 7.75. The van der Waals surface area contributed by atoms with Gasteiger partial charge < -0.3 is 15.3 Å². The van der Waals surface area contributed by atoms with Gasteiger partial charge in [-0.15, -0.1) is 0 Å². The molecule has 1 heterocycles. The van der Waals surface area contributed by atoms with E-state index in [9.17, 15) is 14.7 Å². The Kier molecular flexibility index (Phi) is 5.99. The van der Waals surface area contributed by atoms with Crippen LogP contribution in [0, 0.1) is 0 Å². The first-order chi connectivity index (χ1) is 10.1. The molecule has 2 fully saturated rings. The molecule has 0 radical (unpaired) electrons. The second-order valence-corrected chi connectivity index (χ2v) is 6.24. The molecule has 21 heavy (non-hydrogen) atoms. The highest BCUT2D eigenvalue weighted by Gasteiger charge is 2.27. The van der Waals surface area contributed by atoms with Crippen molar-refractivity contribution in [2.45, 2.75) is 51.2 Å². The molecular weight excluding hydrogens is 270 g/mol. The molecule has 2 N–H and O–H groups in total. The van der Waals surface area contributed by atoms with Crippen LogP contribution < -0.4 is 5.32 Å². The molecule has 1 aliphatic carbocycles. The van der Waals surface area contributed by atoms with Gasteiger partial charge in [-0.2, -0.15) is 0 Å². The number of piperazine rings is 1. The number of nitrogens with zero attached hydrogens (tertiary/aromatic N) is 2. The minimum Gasteiger partial charge on any atom is -0.392 e. The van der Waals surface area contributed by atoms with Crippen molar-refractivity contribution < 1.29 is 14.7 Å². The van der Waals surface area contributed by atoms with Gasteiger partial charge in [0.25, 0.3) is 0 Å². The van der Waals surface area contributed by atoms with Crippen LogP contribution in [0.4, 0.5) is 0 Å². The Balaban J connectivity index is 1.93. The smallest absolute Gasteiger partial charge is 0.239 e. The van der Waals surface area contributed by atoms with Crippen LogP contribution >= 0.6 is 0 Å². The van der Waals surface area contributed by atoms with Crippen molar-refractivity contribution in [3.8, 4) is 0 Å². The molecule has 6 heteroatoms. The summed E-state index contributed by atoms with van der Waals surface area (Å²) in [6.45, 7) is 3.86. The van der Waals surface area contributed by atoms with Gasteiger partial charge in [-0.25, -0.2) is 0 Å². The van der Waals surface area contributed by atoms with E-state index < -0.39 is 6.10 Å². The van der Waals surface area contributed by atoms with E-state index in [1.165, 1.54) is 19.3 Å². The summed E-state index contributed by atoms with van der Waals surface area (Å²) in [7, 11) is 0. The summed E-state index contributed by atoms with van der Waals surface area (Å²) in [6, 6.07) is 0.385. The zero-order chi connectivity index (χ0) is 15.2. The molecule has 1 unspecified atom stereocenters. The van der Waals surface area contributed by atoms with Gasteiger partial charge in [-0.05, 0) is 19.8 Å². The highest BCUT2D eigenvalue weighted by Crippen LogP contribution is 2.22. The van der Waals surface area contributed by atoms with Crippen molar-refractivity contribution in [3.63, 3.8) is 0 Å². The minimum atomic E-state index is -0.440. The maximum absolute atomic E-state index is 12.4. The number of aliphatic hydroxyl groups excluding tert-OH is 1. The van der Waals surface area contributed by atoms with Crippen molar-refractivity contribution in [2.75, 3.05) is 32.7 Å². The minimum absolute atomic E-state index is 0.00364. The maximum atomic E-state index is 12.4. The zero-order valence-electron chi connectivity index (χ0n) is 12.9. The Bertz CT molecular complexity index is 367. The predicted molar refractivity (Wildman–Crippen MR) is 79.7 cm³/mol. The molecule has 2 amide bonds. The third-order valence-corrected chi connectivity index (χ3v) is 4.32. The lowest BCUT2D eigenvalue weighted by Gasteiger charge is -2.36. The number of nitrogens with one attached hydrogen (secondary N) is 1. The molecule has 0 aromatic heterocycles. The van der Waals surface area contributed by atoms with Crippen LogP contribution in [-0.4, -0.2) is 71.6 Å². The molecule has 6 nitrogen and oxygen atoms in total. The van der Waals surface area contributed by atoms with E-state index in [0.29, 0.717) is 32.2 Å². The normalized spacial score (nSPS) is 22.2. The number of aliphatic hydroxyl groups is 1. The Morgan fingerprint density at radius 3 is 2.76 bits per heavy atom. The zero-order valence-corrected chi connectivity index (χ0v) is 12.9. The van der Waals surface area contributed by atoms with Crippen LogP contribution in [0.2, 0.25) is 0 Å². The topological polar surface area (TPSA) is 72.9 Å². The molecule has 2 rings (SSSR count). The van der Waals surface area contributed by atoms with Crippen LogP contribution in [-0.2, 0) is 9.59 Å².